The van der Waals surface area contributed by atoms with Gasteiger partial charge in [-0.05, 0) is 47.9 Å². The van der Waals surface area contributed by atoms with Crippen LogP contribution >= 0.6 is 0 Å². The van der Waals surface area contributed by atoms with Gasteiger partial charge in [-0.1, -0.05) is 12.1 Å². The summed E-state index contributed by atoms with van der Waals surface area (Å²) in [6.45, 7) is 1.03. The number of rotatable bonds is 4. The Morgan fingerprint density at radius 2 is 1.90 bits per heavy atom. The molecule has 2 N–H and O–H groups in total. The number of anilines is 1. The summed E-state index contributed by atoms with van der Waals surface area (Å²) in [4.78, 5) is 21.2. The second-order valence-corrected chi connectivity index (χ2v) is 7.12. The molecule has 0 bridgehead atoms. The molecule has 2 aromatic heterocycles. The minimum absolute atomic E-state index is 0.154. The summed E-state index contributed by atoms with van der Waals surface area (Å²) >= 11 is 0. The SMILES string of the molecule is O=C(N[C@H]1CCN(c2ccc(C(F)(F)F)cn2)C1)c1cc(-c2ccc(F)cc2)c[nH]1. The molecule has 0 saturated carbocycles. The molecule has 0 spiro atoms. The standard InChI is InChI=1S/C21H18F4N4O/c22-16-4-1-13(2-5-16)14-9-18(26-10-14)20(30)28-17-7-8-29(12-17)19-6-3-15(11-27-19)21(23,24)25/h1-6,9-11,17,26H,7-8,12H2,(H,28,30)/t17-/m0/s1. The maximum atomic E-state index is 13.1. The van der Waals surface area contributed by atoms with Crippen LogP contribution in [0.1, 0.15) is 22.5 Å². The zero-order valence-electron chi connectivity index (χ0n) is 15.7. The number of amides is 1. The lowest BCUT2D eigenvalue weighted by atomic mass is 10.1. The molecule has 1 atom stereocenters. The largest absolute Gasteiger partial charge is 0.417 e. The number of aromatic amines is 1. The highest BCUT2D eigenvalue weighted by Gasteiger charge is 2.31. The summed E-state index contributed by atoms with van der Waals surface area (Å²) in [5, 5.41) is 2.92. The van der Waals surface area contributed by atoms with Crippen LogP contribution in [0.25, 0.3) is 11.1 Å². The van der Waals surface area contributed by atoms with Crippen LogP contribution < -0.4 is 10.2 Å². The molecule has 9 heteroatoms. The normalized spacial score (nSPS) is 16.7. The van der Waals surface area contributed by atoms with Crippen molar-refractivity contribution in [2.24, 2.45) is 0 Å². The molecule has 0 unspecified atom stereocenters. The van der Waals surface area contributed by atoms with E-state index < -0.39 is 11.7 Å². The van der Waals surface area contributed by atoms with Gasteiger partial charge in [0.05, 0.1) is 5.56 Å². The Kier molecular flexibility index (Phi) is 5.19. The van der Waals surface area contributed by atoms with Crippen LogP contribution in [-0.2, 0) is 6.18 Å². The minimum Gasteiger partial charge on any atom is -0.357 e. The number of nitrogens with one attached hydrogen (secondary N) is 2. The maximum Gasteiger partial charge on any atom is 0.417 e. The topological polar surface area (TPSA) is 61.0 Å². The van der Waals surface area contributed by atoms with E-state index in [-0.39, 0.29) is 17.8 Å². The number of pyridine rings is 1. The van der Waals surface area contributed by atoms with Crippen molar-refractivity contribution in [2.45, 2.75) is 18.6 Å². The molecular weight excluding hydrogens is 400 g/mol. The number of hydrogen-bond acceptors (Lipinski definition) is 3. The lowest BCUT2D eigenvalue weighted by molar-refractivity contribution is -0.137. The molecule has 1 aliphatic heterocycles. The van der Waals surface area contributed by atoms with Crippen molar-refractivity contribution in [3.63, 3.8) is 0 Å². The van der Waals surface area contributed by atoms with Crippen LogP contribution in [0.2, 0.25) is 0 Å². The number of nitrogens with zero attached hydrogens (tertiary/aromatic N) is 2. The summed E-state index contributed by atoms with van der Waals surface area (Å²) in [7, 11) is 0. The number of H-pyrrole nitrogens is 1. The number of halogens is 4. The highest BCUT2D eigenvalue weighted by Crippen LogP contribution is 2.30. The second kappa shape index (κ2) is 7.81. The second-order valence-electron chi connectivity index (χ2n) is 7.12. The Balaban J connectivity index is 1.36. The van der Waals surface area contributed by atoms with Crippen LogP contribution in [0, 0.1) is 5.82 Å². The van der Waals surface area contributed by atoms with Gasteiger partial charge >= 0.3 is 6.18 Å². The van der Waals surface area contributed by atoms with E-state index in [0.717, 1.165) is 23.4 Å². The molecule has 0 radical (unpaired) electrons. The Hall–Kier alpha value is -3.36. The Morgan fingerprint density at radius 3 is 2.57 bits per heavy atom. The van der Waals surface area contributed by atoms with Crippen LogP contribution in [0.5, 0.6) is 0 Å². The first kappa shape index (κ1) is 19.9. The van der Waals surface area contributed by atoms with E-state index in [1.807, 2.05) is 4.90 Å². The molecule has 156 valence electrons. The van der Waals surface area contributed by atoms with Crippen molar-refractivity contribution in [3.8, 4) is 11.1 Å². The summed E-state index contributed by atoms with van der Waals surface area (Å²) in [6, 6.07) is 9.84. The van der Waals surface area contributed by atoms with Crippen LogP contribution in [0.3, 0.4) is 0 Å². The van der Waals surface area contributed by atoms with Gasteiger partial charge in [-0.2, -0.15) is 13.2 Å². The number of benzene rings is 1. The molecule has 1 amide bonds. The zero-order valence-corrected chi connectivity index (χ0v) is 15.7. The van der Waals surface area contributed by atoms with Gasteiger partial charge in [-0.15, -0.1) is 0 Å². The zero-order chi connectivity index (χ0) is 21.3. The van der Waals surface area contributed by atoms with Gasteiger partial charge in [0.25, 0.3) is 5.91 Å². The quantitative estimate of drug-likeness (QED) is 0.623. The van der Waals surface area contributed by atoms with Gasteiger partial charge in [-0.3, -0.25) is 4.79 Å². The van der Waals surface area contributed by atoms with Crippen molar-refractivity contribution in [1.29, 1.82) is 0 Å². The molecule has 5 nitrogen and oxygen atoms in total. The van der Waals surface area contributed by atoms with Crippen molar-refractivity contribution in [3.05, 3.63) is 71.9 Å². The van der Waals surface area contributed by atoms with Gasteiger partial charge in [0.15, 0.2) is 0 Å². The van der Waals surface area contributed by atoms with Crippen LogP contribution in [0.4, 0.5) is 23.4 Å². The third-order valence-electron chi connectivity index (χ3n) is 5.03. The van der Waals surface area contributed by atoms with Crippen LogP contribution in [-0.4, -0.2) is 35.0 Å². The highest BCUT2D eigenvalue weighted by atomic mass is 19.4. The minimum atomic E-state index is -4.42. The Labute approximate surface area is 169 Å². The van der Waals surface area contributed by atoms with Gasteiger partial charge in [0, 0.05) is 31.5 Å². The summed E-state index contributed by atoms with van der Waals surface area (Å²) < 4.78 is 51.1. The number of carbonyl (C=O) groups is 1. The molecular formula is C21H18F4N4O. The number of aromatic nitrogens is 2. The third kappa shape index (κ3) is 4.29. The molecule has 4 rings (SSSR count). The number of carbonyl (C=O) groups excluding carboxylic acids is 1. The highest BCUT2D eigenvalue weighted by molar-refractivity contribution is 5.94. The predicted molar refractivity (Wildman–Crippen MR) is 104 cm³/mol. The molecule has 1 fully saturated rings. The molecule has 3 aromatic rings. The average Bonchev–Trinajstić information content (AvgIpc) is 3.38. The first-order valence-electron chi connectivity index (χ1n) is 9.33. The lowest BCUT2D eigenvalue weighted by Gasteiger charge is -2.18. The van der Waals surface area contributed by atoms with Gasteiger partial charge in [0.2, 0.25) is 0 Å². The number of alkyl halides is 3. The molecule has 1 aromatic carbocycles. The lowest BCUT2D eigenvalue weighted by Crippen LogP contribution is -2.37. The van der Waals surface area contributed by atoms with Crippen molar-refractivity contribution < 1.29 is 22.4 Å². The van der Waals surface area contributed by atoms with Crippen molar-refractivity contribution in [1.82, 2.24) is 15.3 Å². The fraction of sp³-hybridized carbons (Fsp3) is 0.238. The first-order valence-corrected chi connectivity index (χ1v) is 9.33. The van der Waals surface area contributed by atoms with Crippen LogP contribution in [0.15, 0.2) is 54.9 Å². The third-order valence-corrected chi connectivity index (χ3v) is 5.03. The predicted octanol–water partition coefficient (Wildman–Crippen LogP) is 4.24. The fourth-order valence-corrected chi connectivity index (χ4v) is 3.42. The average molecular weight is 418 g/mol. The number of hydrogen-bond donors (Lipinski definition) is 2. The van der Waals surface area contributed by atoms with Crippen molar-refractivity contribution >= 4 is 11.7 Å². The van der Waals surface area contributed by atoms with Gasteiger partial charge in [0.1, 0.15) is 17.3 Å². The van der Waals surface area contributed by atoms with E-state index in [4.69, 9.17) is 0 Å². The van der Waals surface area contributed by atoms with E-state index in [9.17, 15) is 22.4 Å². The summed E-state index contributed by atoms with van der Waals surface area (Å²) in [6.07, 6.45) is -1.28. The summed E-state index contributed by atoms with van der Waals surface area (Å²) in [5.74, 6) is -0.172. The van der Waals surface area contributed by atoms with E-state index in [1.54, 1.807) is 24.4 Å². The maximum absolute atomic E-state index is 13.1. The van der Waals surface area contributed by atoms with E-state index >= 15 is 0 Å². The Bertz CT molecular complexity index is 1030. The van der Waals surface area contributed by atoms with E-state index in [1.165, 1.54) is 18.2 Å². The molecule has 1 aliphatic rings. The van der Waals surface area contributed by atoms with Gasteiger partial charge < -0.3 is 15.2 Å². The fourth-order valence-electron chi connectivity index (χ4n) is 3.42. The molecule has 0 aliphatic carbocycles. The Morgan fingerprint density at radius 1 is 1.13 bits per heavy atom. The van der Waals surface area contributed by atoms with E-state index in [2.05, 4.69) is 15.3 Å². The van der Waals surface area contributed by atoms with Gasteiger partial charge in [-0.25, -0.2) is 9.37 Å². The van der Waals surface area contributed by atoms with Crippen molar-refractivity contribution in [2.75, 3.05) is 18.0 Å². The summed E-state index contributed by atoms with van der Waals surface area (Å²) in [5.41, 5.74) is 1.13. The smallest absolute Gasteiger partial charge is 0.357 e. The molecule has 30 heavy (non-hydrogen) atoms. The van der Waals surface area contributed by atoms with E-state index in [0.29, 0.717) is 31.0 Å². The first-order chi connectivity index (χ1) is 14.3. The molecule has 1 saturated heterocycles. The monoisotopic (exact) mass is 418 g/mol. The molecule has 3 heterocycles.